The van der Waals surface area contributed by atoms with Crippen LogP contribution in [0.3, 0.4) is 0 Å². The first-order valence-electron chi connectivity index (χ1n) is 6.59. The molecule has 1 amide bonds. The third kappa shape index (κ3) is 3.10. The van der Waals surface area contributed by atoms with Crippen molar-refractivity contribution in [2.24, 2.45) is 5.92 Å². The number of nitrogens with zero attached hydrogens (tertiary/aromatic N) is 1. The summed E-state index contributed by atoms with van der Waals surface area (Å²) in [6.07, 6.45) is 2.49. The molecule has 3 heteroatoms. The van der Waals surface area contributed by atoms with Crippen LogP contribution in [0, 0.1) is 5.92 Å². The molecule has 1 atom stereocenters. The van der Waals surface area contributed by atoms with Crippen LogP contribution in [-0.4, -0.2) is 37.1 Å². The van der Waals surface area contributed by atoms with Crippen molar-refractivity contribution >= 4 is 5.91 Å². The summed E-state index contributed by atoms with van der Waals surface area (Å²) in [6.45, 7) is 3.41. The molecule has 1 unspecified atom stereocenters. The van der Waals surface area contributed by atoms with Crippen molar-refractivity contribution in [2.75, 3.05) is 20.3 Å². The number of hydrogen-bond acceptors (Lipinski definition) is 2. The monoisotopic (exact) mass is 247 g/mol. The molecule has 98 valence electrons. The van der Waals surface area contributed by atoms with Gasteiger partial charge in [-0.05, 0) is 37.8 Å². The molecule has 1 aromatic rings. The number of carbonyl (C=O) groups excluding carboxylic acids is 1. The lowest BCUT2D eigenvalue weighted by atomic mass is 10.1. The molecule has 3 nitrogen and oxygen atoms in total. The first kappa shape index (κ1) is 13.1. The smallest absolute Gasteiger partial charge is 0.254 e. The lowest BCUT2D eigenvalue weighted by Gasteiger charge is -2.29. The van der Waals surface area contributed by atoms with Gasteiger partial charge < -0.3 is 9.64 Å². The molecule has 0 aromatic heterocycles. The molecule has 1 aliphatic rings. The Morgan fingerprint density at radius 1 is 1.39 bits per heavy atom. The maximum Gasteiger partial charge on any atom is 0.254 e. The van der Waals surface area contributed by atoms with Gasteiger partial charge in [0.25, 0.3) is 5.91 Å². The molecular formula is C15H21NO2. The van der Waals surface area contributed by atoms with Crippen LogP contribution in [0.1, 0.15) is 30.1 Å². The van der Waals surface area contributed by atoms with E-state index in [9.17, 15) is 4.79 Å². The molecule has 1 saturated carbocycles. The molecule has 18 heavy (non-hydrogen) atoms. The third-order valence-corrected chi connectivity index (χ3v) is 3.61. The molecule has 1 fully saturated rings. The van der Waals surface area contributed by atoms with Gasteiger partial charge in [-0.3, -0.25) is 4.79 Å². The van der Waals surface area contributed by atoms with Gasteiger partial charge >= 0.3 is 0 Å². The molecule has 2 rings (SSSR count). The van der Waals surface area contributed by atoms with Crippen LogP contribution in [0.4, 0.5) is 0 Å². The topological polar surface area (TPSA) is 29.5 Å². The molecule has 0 bridgehead atoms. The molecule has 1 aromatic carbocycles. The van der Waals surface area contributed by atoms with Crippen molar-refractivity contribution in [3.05, 3.63) is 35.9 Å². The summed E-state index contributed by atoms with van der Waals surface area (Å²) in [5.74, 6) is 0.793. The molecule has 0 N–H and O–H groups in total. The predicted octanol–water partition coefficient (Wildman–Crippen LogP) is 2.57. The van der Waals surface area contributed by atoms with E-state index < -0.39 is 0 Å². The van der Waals surface area contributed by atoms with Crippen LogP contribution >= 0.6 is 0 Å². The van der Waals surface area contributed by atoms with Gasteiger partial charge in [0, 0.05) is 25.3 Å². The Bertz CT molecular complexity index is 387. The minimum Gasteiger partial charge on any atom is -0.383 e. The van der Waals surface area contributed by atoms with E-state index in [-0.39, 0.29) is 5.91 Å². The molecule has 0 heterocycles. The second-order valence-corrected chi connectivity index (χ2v) is 4.94. The van der Waals surface area contributed by atoms with Gasteiger partial charge in [0.2, 0.25) is 0 Å². The Morgan fingerprint density at radius 3 is 2.61 bits per heavy atom. The van der Waals surface area contributed by atoms with E-state index in [1.807, 2.05) is 35.2 Å². The van der Waals surface area contributed by atoms with Crippen molar-refractivity contribution < 1.29 is 9.53 Å². The number of ether oxygens (including phenoxy) is 1. The Morgan fingerprint density at radius 2 is 2.06 bits per heavy atom. The largest absolute Gasteiger partial charge is 0.383 e. The number of benzene rings is 1. The van der Waals surface area contributed by atoms with Gasteiger partial charge in [-0.2, -0.15) is 0 Å². The van der Waals surface area contributed by atoms with E-state index in [0.29, 0.717) is 25.1 Å². The molecule has 0 aliphatic heterocycles. The van der Waals surface area contributed by atoms with E-state index in [0.717, 1.165) is 5.56 Å². The number of rotatable bonds is 6. The molecule has 0 radical (unpaired) electrons. The van der Waals surface area contributed by atoms with Crippen LogP contribution < -0.4 is 0 Å². The van der Waals surface area contributed by atoms with Gasteiger partial charge in [-0.1, -0.05) is 18.2 Å². The molecule has 0 saturated heterocycles. The van der Waals surface area contributed by atoms with Crippen molar-refractivity contribution in [3.63, 3.8) is 0 Å². The average molecular weight is 247 g/mol. The maximum absolute atomic E-state index is 12.5. The summed E-state index contributed by atoms with van der Waals surface area (Å²) in [5, 5.41) is 0. The lowest BCUT2D eigenvalue weighted by Crippen LogP contribution is -2.41. The fourth-order valence-electron chi connectivity index (χ4n) is 2.26. The van der Waals surface area contributed by atoms with E-state index in [4.69, 9.17) is 4.74 Å². The van der Waals surface area contributed by atoms with Crippen molar-refractivity contribution in [2.45, 2.75) is 25.8 Å². The maximum atomic E-state index is 12.5. The predicted molar refractivity (Wildman–Crippen MR) is 71.5 cm³/mol. The summed E-state index contributed by atoms with van der Waals surface area (Å²) in [6, 6.07) is 9.81. The fourth-order valence-corrected chi connectivity index (χ4v) is 2.26. The van der Waals surface area contributed by atoms with E-state index in [1.165, 1.54) is 12.8 Å². The lowest BCUT2D eigenvalue weighted by molar-refractivity contribution is 0.0594. The van der Waals surface area contributed by atoms with Gasteiger partial charge in [0.15, 0.2) is 0 Å². The van der Waals surface area contributed by atoms with Crippen LogP contribution in [0.15, 0.2) is 30.3 Å². The second kappa shape index (κ2) is 6.01. The summed E-state index contributed by atoms with van der Waals surface area (Å²) in [4.78, 5) is 14.4. The summed E-state index contributed by atoms with van der Waals surface area (Å²) >= 11 is 0. The Kier molecular flexibility index (Phi) is 4.37. The minimum absolute atomic E-state index is 0.118. The summed E-state index contributed by atoms with van der Waals surface area (Å²) in [5.41, 5.74) is 0.765. The quantitative estimate of drug-likeness (QED) is 0.773. The highest BCUT2D eigenvalue weighted by Crippen LogP contribution is 2.35. The van der Waals surface area contributed by atoms with Crippen molar-refractivity contribution in [1.29, 1.82) is 0 Å². The van der Waals surface area contributed by atoms with E-state index in [1.54, 1.807) is 7.11 Å². The molecule has 0 spiro atoms. The van der Waals surface area contributed by atoms with Crippen LogP contribution in [-0.2, 0) is 4.74 Å². The van der Waals surface area contributed by atoms with Crippen LogP contribution in [0.2, 0.25) is 0 Å². The summed E-state index contributed by atoms with van der Waals surface area (Å²) < 4.78 is 5.11. The highest BCUT2D eigenvalue weighted by molar-refractivity contribution is 5.94. The number of hydrogen-bond donors (Lipinski definition) is 0. The van der Waals surface area contributed by atoms with Crippen LogP contribution in [0.5, 0.6) is 0 Å². The molecular weight excluding hydrogens is 226 g/mol. The Balaban J connectivity index is 2.09. The molecule has 1 aliphatic carbocycles. The second-order valence-electron chi connectivity index (χ2n) is 4.94. The summed E-state index contributed by atoms with van der Waals surface area (Å²) in [7, 11) is 1.67. The van der Waals surface area contributed by atoms with E-state index in [2.05, 4.69) is 6.92 Å². The van der Waals surface area contributed by atoms with E-state index >= 15 is 0 Å². The van der Waals surface area contributed by atoms with Crippen molar-refractivity contribution in [3.8, 4) is 0 Å². The van der Waals surface area contributed by atoms with Crippen LogP contribution in [0.25, 0.3) is 0 Å². The fraction of sp³-hybridized carbons (Fsp3) is 0.533. The zero-order valence-electron chi connectivity index (χ0n) is 11.1. The van der Waals surface area contributed by atoms with Gasteiger partial charge in [-0.25, -0.2) is 0 Å². The first-order valence-corrected chi connectivity index (χ1v) is 6.59. The normalized spacial score (nSPS) is 16.3. The third-order valence-electron chi connectivity index (χ3n) is 3.61. The SMILES string of the molecule is COCCN(C(=O)c1ccccc1)C(C)C1CC1. The Labute approximate surface area is 109 Å². The Hall–Kier alpha value is -1.35. The standard InChI is InChI=1S/C15H21NO2/c1-12(13-8-9-13)16(10-11-18-2)15(17)14-6-4-3-5-7-14/h3-7,12-13H,8-11H2,1-2H3. The zero-order valence-corrected chi connectivity index (χ0v) is 11.1. The number of amides is 1. The number of methoxy groups -OCH3 is 1. The van der Waals surface area contributed by atoms with Crippen molar-refractivity contribution in [1.82, 2.24) is 4.90 Å². The average Bonchev–Trinajstić information content (AvgIpc) is 3.24. The highest BCUT2D eigenvalue weighted by atomic mass is 16.5. The van der Waals surface area contributed by atoms with Gasteiger partial charge in [0.05, 0.1) is 6.61 Å². The number of carbonyl (C=O) groups is 1. The van der Waals surface area contributed by atoms with Gasteiger partial charge in [0.1, 0.15) is 0 Å². The zero-order chi connectivity index (χ0) is 13.0. The van der Waals surface area contributed by atoms with Gasteiger partial charge in [-0.15, -0.1) is 0 Å². The minimum atomic E-state index is 0.118. The first-order chi connectivity index (χ1) is 8.74. The highest BCUT2D eigenvalue weighted by Gasteiger charge is 2.34.